The molecule has 100 valence electrons. The van der Waals surface area contributed by atoms with Gasteiger partial charge in [0.1, 0.15) is 5.82 Å². The number of hydrogen-bond donors (Lipinski definition) is 1. The number of aryl methyl sites for hydroxylation is 1. The highest BCUT2D eigenvalue weighted by Crippen LogP contribution is 2.24. The predicted molar refractivity (Wildman–Crippen MR) is 77.4 cm³/mol. The number of nitrogens with one attached hydrogen (secondary N) is 1. The van der Waals surface area contributed by atoms with Crippen molar-refractivity contribution in [2.75, 3.05) is 7.05 Å². The third-order valence-electron chi connectivity index (χ3n) is 2.44. The molecule has 0 saturated heterocycles. The molecule has 0 unspecified atom stereocenters. The molecule has 0 aliphatic heterocycles. The Morgan fingerprint density at radius 3 is 2.83 bits per heavy atom. The summed E-state index contributed by atoms with van der Waals surface area (Å²) >= 11 is 3.39. The number of thioether (sulfide) groups is 1. The van der Waals surface area contributed by atoms with Crippen LogP contribution >= 0.6 is 35.5 Å². The van der Waals surface area contributed by atoms with Crippen molar-refractivity contribution in [2.45, 2.75) is 24.4 Å². The molecule has 18 heavy (non-hydrogen) atoms. The highest BCUT2D eigenvalue weighted by atomic mass is 35.5. The molecule has 0 saturated carbocycles. The van der Waals surface area contributed by atoms with Crippen molar-refractivity contribution >= 4 is 35.5 Å². The minimum Gasteiger partial charge on any atom is -0.313 e. The summed E-state index contributed by atoms with van der Waals surface area (Å²) in [4.78, 5) is 5.54. The van der Waals surface area contributed by atoms with E-state index in [0.717, 1.165) is 29.0 Å². The molecule has 1 N–H and O–H groups in total. The Bertz CT molecular complexity index is 496. The quantitative estimate of drug-likeness (QED) is 0.857. The molecule has 0 atom stereocenters. The normalized spacial score (nSPS) is 10.4. The van der Waals surface area contributed by atoms with Crippen LogP contribution in [-0.4, -0.2) is 26.8 Å². The molecule has 0 aliphatic rings. The van der Waals surface area contributed by atoms with Crippen LogP contribution in [0.5, 0.6) is 0 Å². The van der Waals surface area contributed by atoms with Crippen molar-refractivity contribution in [1.29, 1.82) is 0 Å². The summed E-state index contributed by atoms with van der Waals surface area (Å²) in [6.45, 7) is 2.78. The van der Waals surface area contributed by atoms with Crippen molar-refractivity contribution < 1.29 is 0 Å². The standard InChI is InChI=1S/C10H15N5S2.ClH/c1-7-8(17-6-12-7)5-16-10-14-13-9(4-11-2)15(10)3;/h6,11H,4-5H2,1-3H3;1H. The minimum atomic E-state index is 0. The van der Waals surface area contributed by atoms with Crippen molar-refractivity contribution in [2.24, 2.45) is 7.05 Å². The molecule has 0 radical (unpaired) electrons. The van der Waals surface area contributed by atoms with Gasteiger partial charge in [0, 0.05) is 17.7 Å². The van der Waals surface area contributed by atoms with Crippen molar-refractivity contribution in [1.82, 2.24) is 25.1 Å². The highest BCUT2D eigenvalue weighted by Gasteiger charge is 2.10. The number of hydrogen-bond acceptors (Lipinski definition) is 6. The first-order valence-corrected chi connectivity index (χ1v) is 7.13. The maximum absolute atomic E-state index is 4.24. The molecule has 0 aliphatic carbocycles. The molecular weight excluding hydrogens is 290 g/mol. The van der Waals surface area contributed by atoms with E-state index in [0.29, 0.717) is 0 Å². The van der Waals surface area contributed by atoms with Gasteiger partial charge in [0.05, 0.1) is 17.7 Å². The smallest absolute Gasteiger partial charge is 0.191 e. The average Bonchev–Trinajstić information content (AvgIpc) is 2.86. The lowest BCUT2D eigenvalue weighted by atomic mass is 10.4. The van der Waals surface area contributed by atoms with Gasteiger partial charge in [-0.25, -0.2) is 4.98 Å². The Morgan fingerprint density at radius 2 is 2.22 bits per heavy atom. The number of aromatic nitrogens is 4. The molecule has 2 heterocycles. The van der Waals surface area contributed by atoms with E-state index < -0.39 is 0 Å². The van der Waals surface area contributed by atoms with Gasteiger partial charge in [0.2, 0.25) is 0 Å². The van der Waals surface area contributed by atoms with Crippen LogP contribution in [0.4, 0.5) is 0 Å². The topological polar surface area (TPSA) is 55.6 Å². The van der Waals surface area contributed by atoms with Crippen LogP contribution in [0.15, 0.2) is 10.7 Å². The van der Waals surface area contributed by atoms with Crippen molar-refractivity contribution in [3.63, 3.8) is 0 Å². The molecule has 2 aromatic heterocycles. The maximum Gasteiger partial charge on any atom is 0.191 e. The lowest BCUT2D eigenvalue weighted by Gasteiger charge is -2.02. The molecule has 2 aromatic rings. The monoisotopic (exact) mass is 305 g/mol. The fourth-order valence-electron chi connectivity index (χ4n) is 1.38. The largest absolute Gasteiger partial charge is 0.313 e. The molecular formula is C10H16ClN5S2. The van der Waals surface area contributed by atoms with Crippen molar-refractivity contribution in [3.8, 4) is 0 Å². The van der Waals surface area contributed by atoms with Crippen LogP contribution in [0, 0.1) is 6.92 Å². The first-order valence-electron chi connectivity index (χ1n) is 5.27. The fraction of sp³-hybridized carbons (Fsp3) is 0.500. The Labute approximate surface area is 121 Å². The van der Waals surface area contributed by atoms with Gasteiger partial charge < -0.3 is 9.88 Å². The average molecular weight is 306 g/mol. The van der Waals surface area contributed by atoms with Crippen LogP contribution in [0.3, 0.4) is 0 Å². The van der Waals surface area contributed by atoms with Crippen LogP contribution in [-0.2, 0) is 19.3 Å². The van der Waals surface area contributed by atoms with Gasteiger partial charge in [0.25, 0.3) is 0 Å². The van der Waals surface area contributed by atoms with Crippen LogP contribution in [0.2, 0.25) is 0 Å². The van der Waals surface area contributed by atoms with E-state index in [4.69, 9.17) is 0 Å². The van der Waals surface area contributed by atoms with Gasteiger partial charge in [-0.05, 0) is 14.0 Å². The summed E-state index contributed by atoms with van der Waals surface area (Å²) in [6, 6.07) is 0. The Balaban J connectivity index is 0.00000162. The van der Waals surface area contributed by atoms with E-state index in [2.05, 4.69) is 20.5 Å². The molecule has 0 fully saturated rings. The molecule has 0 spiro atoms. The zero-order chi connectivity index (χ0) is 12.3. The molecule has 0 bridgehead atoms. The van der Waals surface area contributed by atoms with E-state index >= 15 is 0 Å². The van der Waals surface area contributed by atoms with E-state index in [1.165, 1.54) is 4.88 Å². The zero-order valence-corrected chi connectivity index (χ0v) is 13.0. The first-order chi connectivity index (χ1) is 8.22. The lowest BCUT2D eigenvalue weighted by molar-refractivity contribution is 0.682. The van der Waals surface area contributed by atoms with Gasteiger partial charge in [-0.2, -0.15) is 0 Å². The van der Waals surface area contributed by atoms with E-state index in [-0.39, 0.29) is 12.4 Å². The second-order valence-corrected chi connectivity index (χ2v) is 5.52. The zero-order valence-electron chi connectivity index (χ0n) is 10.5. The molecule has 2 rings (SSSR count). The van der Waals surface area contributed by atoms with Gasteiger partial charge in [-0.1, -0.05) is 11.8 Å². The predicted octanol–water partition coefficient (Wildman–Crippen LogP) is 2.01. The number of halogens is 1. The van der Waals surface area contributed by atoms with Gasteiger partial charge in [-0.3, -0.25) is 0 Å². The second kappa shape index (κ2) is 7.08. The van der Waals surface area contributed by atoms with Gasteiger partial charge in [0.15, 0.2) is 5.16 Å². The number of nitrogens with zero attached hydrogens (tertiary/aromatic N) is 4. The van der Waals surface area contributed by atoms with Gasteiger partial charge >= 0.3 is 0 Å². The summed E-state index contributed by atoms with van der Waals surface area (Å²) in [5.74, 6) is 1.86. The van der Waals surface area contributed by atoms with Crippen LogP contribution < -0.4 is 5.32 Å². The number of rotatable bonds is 5. The minimum absolute atomic E-state index is 0. The summed E-state index contributed by atoms with van der Waals surface area (Å²) < 4.78 is 2.03. The molecule has 0 aromatic carbocycles. The van der Waals surface area contributed by atoms with Gasteiger partial charge in [-0.15, -0.1) is 33.9 Å². The summed E-state index contributed by atoms with van der Waals surface area (Å²) in [5, 5.41) is 12.4. The van der Waals surface area contributed by atoms with Crippen LogP contribution in [0.25, 0.3) is 0 Å². The maximum atomic E-state index is 4.24. The Kier molecular flexibility index (Phi) is 6.07. The third-order valence-corrected chi connectivity index (χ3v) is 4.60. The lowest BCUT2D eigenvalue weighted by Crippen LogP contribution is -2.10. The Morgan fingerprint density at radius 1 is 1.44 bits per heavy atom. The first kappa shape index (κ1) is 15.4. The summed E-state index contributed by atoms with van der Waals surface area (Å²) in [6.07, 6.45) is 0. The molecule has 0 amide bonds. The molecule has 8 heteroatoms. The highest BCUT2D eigenvalue weighted by molar-refractivity contribution is 7.98. The number of thiazole rings is 1. The van der Waals surface area contributed by atoms with E-state index in [1.54, 1.807) is 23.1 Å². The third kappa shape index (κ3) is 3.44. The molecule has 5 nitrogen and oxygen atoms in total. The fourth-order valence-corrected chi connectivity index (χ4v) is 3.25. The van der Waals surface area contributed by atoms with Crippen LogP contribution in [0.1, 0.15) is 16.4 Å². The summed E-state index contributed by atoms with van der Waals surface area (Å²) in [5.41, 5.74) is 2.99. The van der Waals surface area contributed by atoms with E-state index in [9.17, 15) is 0 Å². The SMILES string of the molecule is CNCc1nnc(SCc2scnc2C)n1C.Cl. The summed E-state index contributed by atoms with van der Waals surface area (Å²) in [7, 11) is 3.90. The second-order valence-electron chi connectivity index (χ2n) is 3.64. The Hall–Kier alpha value is -0.630. The van der Waals surface area contributed by atoms with Crippen molar-refractivity contribution in [3.05, 3.63) is 21.9 Å². The van der Waals surface area contributed by atoms with E-state index in [1.807, 2.05) is 31.1 Å².